The number of rotatable bonds is 14. The third kappa shape index (κ3) is 9.43. The van der Waals surface area contributed by atoms with Gasteiger partial charge in [0.15, 0.2) is 0 Å². The molecule has 2 N–H and O–H groups in total. The molecule has 0 bridgehead atoms. The summed E-state index contributed by atoms with van der Waals surface area (Å²) in [5.41, 5.74) is -0.959. The highest BCUT2D eigenvalue weighted by molar-refractivity contribution is 5.69. The van der Waals surface area contributed by atoms with Crippen molar-refractivity contribution in [1.82, 2.24) is 0 Å². The van der Waals surface area contributed by atoms with Gasteiger partial charge in [-0.05, 0) is 26.2 Å². The molecule has 0 spiro atoms. The first-order chi connectivity index (χ1) is 11.4. The van der Waals surface area contributed by atoms with Crippen LogP contribution in [0.25, 0.3) is 0 Å². The van der Waals surface area contributed by atoms with E-state index in [0.717, 1.165) is 6.42 Å². The summed E-state index contributed by atoms with van der Waals surface area (Å²) in [4.78, 5) is 10.8. The number of aliphatic hydroxyl groups is 1. The van der Waals surface area contributed by atoms with Crippen LogP contribution in [0.15, 0.2) is 12.2 Å². The van der Waals surface area contributed by atoms with Gasteiger partial charge in [0.05, 0.1) is 17.6 Å². The normalized spacial score (nSPS) is 24.0. The number of hydrogen-bond acceptors (Lipinski definition) is 3. The average molecular weight is 341 g/mol. The highest BCUT2D eigenvalue weighted by Gasteiger charge is 2.36. The first-order valence-electron chi connectivity index (χ1n) is 9.65. The number of hydrogen-bond donors (Lipinski definition) is 2. The minimum Gasteiger partial charge on any atom is -0.481 e. The van der Waals surface area contributed by atoms with E-state index in [9.17, 15) is 9.90 Å². The Morgan fingerprint density at radius 3 is 2.46 bits per heavy atom. The highest BCUT2D eigenvalue weighted by Crippen LogP contribution is 2.30. The van der Waals surface area contributed by atoms with Crippen LogP contribution in [0, 0.1) is 5.92 Å². The zero-order chi connectivity index (χ0) is 18.0. The van der Waals surface area contributed by atoms with Crippen LogP contribution in [0.4, 0.5) is 0 Å². The van der Waals surface area contributed by atoms with Crippen molar-refractivity contribution in [3.63, 3.8) is 0 Å². The number of carboxylic acids is 1. The maximum Gasteiger partial charge on any atom is 0.306 e. The van der Waals surface area contributed by atoms with E-state index in [1.165, 1.54) is 44.9 Å². The lowest BCUT2D eigenvalue weighted by molar-refractivity contribution is -0.141. The molecule has 0 amide bonds. The summed E-state index contributed by atoms with van der Waals surface area (Å²) < 4.78 is 5.63. The van der Waals surface area contributed by atoms with Crippen molar-refractivity contribution in [3.05, 3.63) is 12.2 Å². The molecule has 1 fully saturated rings. The molecule has 4 nitrogen and oxygen atoms in total. The second kappa shape index (κ2) is 10.9. The maximum absolute atomic E-state index is 10.8. The number of ether oxygens (including phenoxy) is 1. The second-order valence-electron chi connectivity index (χ2n) is 7.54. The number of epoxide rings is 1. The Morgan fingerprint density at radius 2 is 1.83 bits per heavy atom. The van der Waals surface area contributed by atoms with Gasteiger partial charge in [0.2, 0.25) is 0 Å². The molecular weight excluding hydrogens is 304 g/mol. The Morgan fingerprint density at radius 1 is 1.21 bits per heavy atom. The molecule has 0 saturated carbocycles. The van der Waals surface area contributed by atoms with Gasteiger partial charge in [0.25, 0.3) is 0 Å². The van der Waals surface area contributed by atoms with Crippen LogP contribution in [-0.2, 0) is 9.53 Å². The van der Waals surface area contributed by atoms with E-state index in [1.807, 2.05) is 6.08 Å². The predicted octanol–water partition coefficient (Wildman–Crippen LogP) is 4.70. The Bertz CT molecular complexity index is 389. The number of carbonyl (C=O) groups is 1. The van der Waals surface area contributed by atoms with Crippen molar-refractivity contribution in [2.45, 2.75) is 103 Å². The molecule has 0 radical (unpaired) electrons. The van der Waals surface area contributed by atoms with Crippen LogP contribution >= 0.6 is 0 Å². The van der Waals surface area contributed by atoms with Crippen LogP contribution in [0.5, 0.6) is 0 Å². The van der Waals surface area contributed by atoms with Crippen LogP contribution in [0.1, 0.15) is 85.0 Å². The molecule has 4 atom stereocenters. The van der Waals surface area contributed by atoms with E-state index in [0.29, 0.717) is 18.9 Å². The third-order valence-electron chi connectivity index (χ3n) is 4.86. The molecule has 0 aliphatic carbocycles. The van der Waals surface area contributed by atoms with Crippen LogP contribution in [-0.4, -0.2) is 34.0 Å². The molecule has 0 aromatic heterocycles. The summed E-state index contributed by atoms with van der Waals surface area (Å²) in [6.45, 7) is 5.64. The molecule has 1 rings (SSSR count). The van der Waals surface area contributed by atoms with Crippen LogP contribution in [0.2, 0.25) is 0 Å². The van der Waals surface area contributed by atoms with Gasteiger partial charge in [-0.15, -0.1) is 0 Å². The molecule has 4 unspecified atom stereocenters. The van der Waals surface area contributed by atoms with E-state index >= 15 is 0 Å². The van der Waals surface area contributed by atoms with E-state index in [1.54, 1.807) is 19.9 Å². The van der Waals surface area contributed by atoms with Gasteiger partial charge in [-0.2, -0.15) is 0 Å². The lowest BCUT2D eigenvalue weighted by Gasteiger charge is -2.19. The van der Waals surface area contributed by atoms with Gasteiger partial charge in [-0.3, -0.25) is 4.79 Å². The molecule has 1 heterocycles. The van der Waals surface area contributed by atoms with E-state index < -0.39 is 17.5 Å². The maximum atomic E-state index is 10.8. The van der Waals surface area contributed by atoms with Crippen molar-refractivity contribution in [2.75, 3.05) is 0 Å². The first-order valence-corrected chi connectivity index (χ1v) is 9.65. The van der Waals surface area contributed by atoms with E-state index in [-0.39, 0.29) is 6.10 Å². The van der Waals surface area contributed by atoms with Gasteiger partial charge in [0, 0.05) is 0 Å². The second-order valence-corrected chi connectivity index (χ2v) is 7.54. The summed E-state index contributed by atoms with van der Waals surface area (Å²) >= 11 is 0. The molecule has 0 aromatic carbocycles. The number of carboxylic acid groups (broad SMARTS) is 1. The summed E-state index contributed by atoms with van der Waals surface area (Å²) in [5, 5.41) is 19.2. The first kappa shape index (κ1) is 21.2. The smallest absolute Gasteiger partial charge is 0.306 e. The lowest BCUT2D eigenvalue weighted by Crippen LogP contribution is -2.23. The fraction of sp³-hybridized carbons (Fsp3) is 0.850. The molecule has 140 valence electrons. The minimum atomic E-state index is -0.959. The Hall–Kier alpha value is -0.870. The molecule has 4 heteroatoms. The van der Waals surface area contributed by atoms with Crippen molar-refractivity contribution < 1.29 is 19.7 Å². The average Bonchev–Trinajstić information content (AvgIpc) is 3.28. The zero-order valence-corrected chi connectivity index (χ0v) is 15.7. The van der Waals surface area contributed by atoms with E-state index in [2.05, 4.69) is 6.92 Å². The molecule has 1 aliphatic heterocycles. The number of aliphatic carboxylic acids is 1. The van der Waals surface area contributed by atoms with Crippen LogP contribution in [0.3, 0.4) is 0 Å². The molecule has 24 heavy (non-hydrogen) atoms. The van der Waals surface area contributed by atoms with Gasteiger partial charge < -0.3 is 14.9 Å². The Kier molecular flexibility index (Phi) is 9.60. The summed E-state index contributed by atoms with van der Waals surface area (Å²) in [7, 11) is 0. The lowest BCUT2D eigenvalue weighted by atomic mass is 9.93. The van der Waals surface area contributed by atoms with Crippen molar-refractivity contribution in [1.29, 1.82) is 0 Å². The Labute approximate surface area is 147 Å². The topological polar surface area (TPSA) is 70.1 Å². The van der Waals surface area contributed by atoms with Crippen molar-refractivity contribution in [3.8, 4) is 0 Å². The molecule has 1 aliphatic rings. The fourth-order valence-electron chi connectivity index (χ4n) is 2.88. The van der Waals surface area contributed by atoms with Crippen molar-refractivity contribution >= 4 is 5.97 Å². The Balaban J connectivity index is 2.10. The van der Waals surface area contributed by atoms with Gasteiger partial charge >= 0.3 is 5.97 Å². The molecular formula is C20H36O4. The van der Waals surface area contributed by atoms with Gasteiger partial charge in [-0.1, -0.05) is 70.9 Å². The predicted molar refractivity (Wildman–Crippen MR) is 97.1 cm³/mol. The summed E-state index contributed by atoms with van der Waals surface area (Å²) in [6.07, 6.45) is 15.4. The third-order valence-corrected chi connectivity index (χ3v) is 4.86. The van der Waals surface area contributed by atoms with Gasteiger partial charge in [0.1, 0.15) is 6.10 Å². The van der Waals surface area contributed by atoms with E-state index in [4.69, 9.17) is 9.84 Å². The van der Waals surface area contributed by atoms with Crippen molar-refractivity contribution in [2.24, 2.45) is 5.92 Å². The summed E-state index contributed by atoms with van der Waals surface area (Å²) in [6, 6.07) is 0. The zero-order valence-electron chi connectivity index (χ0n) is 15.7. The van der Waals surface area contributed by atoms with Crippen LogP contribution < -0.4 is 0 Å². The minimum absolute atomic E-state index is 0.133. The highest BCUT2D eigenvalue weighted by atomic mass is 16.6. The quantitative estimate of drug-likeness (QED) is 0.273. The molecule has 1 saturated heterocycles. The monoisotopic (exact) mass is 340 g/mol. The van der Waals surface area contributed by atoms with Gasteiger partial charge in [-0.25, -0.2) is 0 Å². The fourth-order valence-corrected chi connectivity index (χ4v) is 2.88. The number of unbranched alkanes of at least 4 members (excludes halogenated alkanes) is 6. The summed E-state index contributed by atoms with van der Waals surface area (Å²) in [5.74, 6) is -1.23. The molecule has 0 aromatic rings. The standard InChI is InChI=1S/C20H36O4/c1-4-5-6-7-8-9-10-11-17-18(24-17)13-15-20(3,23)14-12-16(2)19(21)22/h13,15-18,23H,4-12,14H2,1-3H3,(H,21,22)/b15-13+. The SMILES string of the molecule is CCCCCCCCCC1OC1/C=C/C(C)(O)CCC(C)C(=O)O. The largest absolute Gasteiger partial charge is 0.481 e.